The fraction of sp³-hybridized carbons (Fsp3) is 0.200. The van der Waals surface area contributed by atoms with E-state index in [0.717, 1.165) is 0 Å². The van der Waals surface area contributed by atoms with Gasteiger partial charge in [-0.15, -0.1) is 0 Å². The van der Waals surface area contributed by atoms with Gasteiger partial charge in [0.05, 0.1) is 17.9 Å². The Morgan fingerprint density at radius 1 is 1.27 bits per heavy atom. The third-order valence-electron chi connectivity index (χ3n) is 1.60. The fourth-order valence-corrected chi connectivity index (χ4v) is 1.08. The highest BCUT2D eigenvalue weighted by atomic mass is 35.5. The van der Waals surface area contributed by atoms with E-state index >= 15 is 0 Å². The highest BCUT2D eigenvalue weighted by Gasteiger charge is 2.09. The van der Waals surface area contributed by atoms with Crippen LogP contribution in [0.4, 0.5) is 0 Å². The Hall–Kier alpha value is -1.55. The Kier molecular flexibility index (Phi) is 4.12. The van der Waals surface area contributed by atoms with Crippen molar-refractivity contribution < 1.29 is 19.4 Å². The van der Waals surface area contributed by atoms with Gasteiger partial charge in [0, 0.05) is 0 Å². The number of carbonyl (C=O) groups excluding carboxylic acids is 1. The average Bonchev–Trinajstić information content (AvgIpc) is 2.18. The Morgan fingerprint density at radius 2 is 1.93 bits per heavy atom. The van der Waals surface area contributed by atoms with Crippen molar-refractivity contribution in [1.29, 1.82) is 0 Å². The summed E-state index contributed by atoms with van der Waals surface area (Å²) in [6.45, 7) is 0. The summed E-state index contributed by atoms with van der Waals surface area (Å²) in [5.41, 5.74) is 0. The molecule has 15 heavy (non-hydrogen) atoms. The molecule has 0 heterocycles. The van der Waals surface area contributed by atoms with Crippen LogP contribution in [0.25, 0.3) is 0 Å². The summed E-state index contributed by atoms with van der Waals surface area (Å²) in [6, 6.07) is 6.50. The zero-order valence-electron chi connectivity index (χ0n) is 7.77. The molecule has 0 amide bonds. The van der Waals surface area contributed by atoms with E-state index in [-0.39, 0.29) is 18.6 Å². The van der Waals surface area contributed by atoms with Crippen molar-refractivity contribution in [3.05, 3.63) is 29.3 Å². The molecule has 0 bridgehead atoms. The summed E-state index contributed by atoms with van der Waals surface area (Å²) >= 11 is 5.74. The van der Waals surface area contributed by atoms with Crippen LogP contribution in [0.15, 0.2) is 24.3 Å². The van der Waals surface area contributed by atoms with E-state index in [0.29, 0.717) is 5.02 Å². The molecule has 4 nitrogen and oxygen atoms in total. The van der Waals surface area contributed by atoms with Gasteiger partial charge in [-0.1, -0.05) is 23.7 Å². The summed E-state index contributed by atoms with van der Waals surface area (Å²) < 4.78 is 4.86. The van der Waals surface area contributed by atoms with E-state index in [1.54, 1.807) is 24.3 Å². The van der Waals surface area contributed by atoms with Gasteiger partial charge in [-0.3, -0.25) is 9.59 Å². The number of carbonyl (C=O) groups is 2. The normalized spacial score (nSPS) is 9.67. The second-order valence-electron chi connectivity index (χ2n) is 2.80. The van der Waals surface area contributed by atoms with Crippen LogP contribution in [-0.4, -0.2) is 17.0 Å². The van der Waals surface area contributed by atoms with Crippen molar-refractivity contribution >= 4 is 23.5 Å². The number of rotatable bonds is 4. The van der Waals surface area contributed by atoms with E-state index in [1.807, 2.05) is 0 Å². The number of carboxylic acid groups (broad SMARTS) is 1. The van der Waals surface area contributed by atoms with E-state index in [9.17, 15) is 9.59 Å². The number of hydrogen-bond donors (Lipinski definition) is 1. The molecule has 0 saturated heterocycles. The van der Waals surface area contributed by atoms with Crippen molar-refractivity contribution in [1.82, 2.24) is 0 Å². The number of benzene rings is 1. The quantitative estimate of drug-likeness (QED) is 0.633. The Balaban J connectivity index is 2.52. The molecule has 0 spiro atoms. The fourth-order valence-electron chi connectivity index (χ4n) is 0.910. The molecule has 1 aromatic rings. The maximum Gasteiger partial charge on any atom is 0.311 e. The summed E-state index contributed by atoms with van der Waals surface area (Å²) in [5.74, 6) is -1.40. The summed E-state index contributed by atoms with van der Waals surface area (Å²) in [4.78, 5) is 21.3. The molecule has 1 N–H and O–H groups in total. The van der Waals surface area contributed by atoms with Gasteiger partial charge in [-0.2, -0.15) is 0 Å². The molecule has 5 heteroatoms. The molecule has 0 unspecified atom stereocenters. The predicted molar refractivity (Wildman–Crippen MR) is 54.0 cm³/mol. The van der Waals surface area contributed by atoms with Crippen LogP contribution in [0, 0.1) is 0 Å². The van der Waals surface area contributed by atoms with Crippen LogP contribution in [0.3, 0.4) is 0 Å². The second kappa shape index (κ2) is 5.36. The lowest BCUT2D eigenvalue weighted by atomic mass is 10.3. The number of esters is 1. The van der Waals surface area contributed by atoms with E-state index in [2.05, 4.69) is 0 Å². The Morgan fingerprint density at radius 3 is 2.53 bits per heavy atom. The molecule has 1 aromatic carbocycles. The lowest BCUT2D eigenvalue weighted by molar-refractivity contribution is -0.142. The van der Waals surface area contributed by atoms with Crippen LogP contribution in [-0.2, 0) is 9.59 Å². The number of hydrogen-bond acceptors (Lipinski definition) is 3. The van der Waals surface area contributed by atoms with Crippen LogP contribution in [0.2, 0.25) is 5.02 Å². The largest absolute Gasteiger partial charge is 0.481 e. The first-order valence-electron chi connectivity index (χ1n) is 4.26. The molecule has 0 fully saturated rings. The van der Waals surface area contributed by atoms with Crippen molar-refractivity contribution in [2.45, 2.75) is 12.8 Å². The summed E-state index contributed by atoms with van der Waals surface area (Å²) in [6.07, 6.45) is -0.413. The molecule has 0 aromatic heterocycles. The van der Waals surface area contributed by atoms with Gasteiger partial charge in [0.1, 0.15) is 5.75 Å². The Bertz CT molecular complexity index is 375. The van der Waals surface area contributed by atoms with Gasteiger partial charge >= 0.3 is 11.9 Å². The lowest BCUT2D eigenvalue weighted by Gasteiger charge is -2.04. The molecule has 0 aliphatic rings. The third kappa shape index (κ3) is 3.99. The molecule has 0 radical (unpaired) electrons. The van der Waals surface area contributed by atoms with Gasteiger partial charge in [-0.05, 0) is 12.1 Å². The van der Waals surface area contributed by atoms with Crippen LogP contribution < -0.4 is 4.74 Å². The summed E-state index contributed by atoms with van der Waals surface area (Å²) in [5, 5.41) is 8.67. The molecular formula is C10H9ClO4. The van der Waals surface area contributed by atoms with Crippen molar-refractivity contribution in [2.75, 3.05) is 0 Å². The second-order valence-corrected chi connectivity index (χ2v) is 3.21. The van der Waals surface area contributed by atoms with Crippen molar-refractivity contribution in [3.63, 3.8) is 0 Å². The van der Waals surface area contributed by atoms with Gasteiger partial charge in [0.25, 0.3) is 0 Å². The SMILES string of the molecule is O=C(O)CCC(=O)Oc1ccccc1Cl. The third-order valence-corrected chi connectivity index (χ3v) is 1.92. The Labute approximate surface area is 91.4 Å². The lowest BCUT2D eigenvalue weighted by Crippen LogP contribution is -2.10. The molecule has 1 rings (SSSR count). The molecule has 0 aliphatic carbocycles. The zero-order chi connectivity index (χ0) is 11.3. The minimum absolute atomic E-state index is 0.166. The van der Waals surface area contributed by atoms with Gasteiger partial charge in [0.15, 0.2) is 0 Å². The predicted octanol–water partition coefficient (Wildman–Crippen LogP) is 2.11. The first-order valence-corrected chi connectivity index (χ1v) is 4.64. The van der Waals surface area contributed by atoms with Crippen LogP contribution >= 0.6 is 11.6 Å². The highest BCUT2D eigenvalue weighted by molar-refractivity contribution is 6.32. The van der Waals surface area contributed by atoms with Crippen molar-refractivity contribution in [2.24, 2.45) is 0 Å². The number of carboxylic acids is 1. The maximum atomic E-state index is 11.1. The number of halogens is 1. The van der Waals surface area contributed by atoms with Gasteiger partial charge in [0.2, 0.25) is 0 Å². The molecule has 0 atom stereocenters. The number of ether oxygens (including phenoxy) is 1. The minimum Gasteiger partial charge on any atom is -0.481 e. The summed E-state index contributed by atoms with van der Waals surface area (Å²) in [7, 11) is 0. The monoisotopic (exact) mass is 228 g/mol. The first kappa shape index (κ1) is 11.5. The number of para-hydroxylation sites is 1. The molecule has 0 saturated carbocycles. The molecule has 0 aliphatic heterocycles. The number of aliphatic carboxylic acids is 1. The minimum atomic E-state index is -1.04. The maximum absolute atomic E-state index is 11.1. The molecule has 80 valence electrons. The zero-order valence-corrected chi connectivity index (χ0v) is 8.53. The van der Waals surface area contributed by atoms with Gasteiger partial charge in [-0.25, -0.2) is 0 Å². The highest BCUT2D eigenvalue weighted by Crippen LogP contribution is 2.23. The molecular weight excluding hydrogens is 220 g/mol. The standard InChI is InChI=1S/C10H9ClO4/c11-7-3-1-2-4-8(7)15-10(14)6-5-9(12)13/h1-4H,5-6H2,(H,12,13). The average molecular weight is 229 g/mol. The van der Waals surface area contributed by atoms with Crippen LogP contribution in [0.5, 0.6) is 5.75 Å². The van der Waals surface area contributed by atoms with Gasteiger partial charge < -0.3 is 9.84 Å². The van der Waals surface area contributed by atoms with Crippen LogP contribution in [0.1, 0.15) is 12.8 Å². The first-order chi connectivity index (χ1) is 7.09. The topological polar surface area (TPSA) is 63.6 Å². The van der Waals surface area contributed by atoms with E-state index in [1.165, 1.54) is 0 Å². The smallest absolute Gasteiger partial charge is 0.311 e. The van der Waals surface area contributed by atoms with E-state index in [4.69, 9.17) is 21.4 Å². The van der Waals surface area contributed by atoms with Crippen molar-refractivity contribution in [3.8, 4) is 5.75 Å². The van der Waals surface area contributed by atoms with E-state index < -0.39 is 11.9 Å².